The second-order valence-corrected chi connectivity index (χ2v) is 7.29. The third-order valence-corrected chi connectivity index (χ3v) is 5.34. The van der Waals surface area contributed by atoms with Crippen LogP contribution in [0.25, 0.3) is 0 Å². The van der Waals surface area contributed by atoms with Crippen molar-refractivity contribution in [1.29, 1.82) is 0 Å². The Morgan fingerprint density at radius 3 is 2.71 bits per heavy atom. The van der Waals surface area contributed by atoms with Gasteiger partial charge in [-0.1, -0.05) is 19.3 Å². The Morgan fingerprint density at radius 2 is 2.04 bits per heavy atom. The first-order chi connectivity index (χ1) is 11.5. The molecule has 6 heteroatoms. The van der Waals surface area contributed by atoms with Crippen molar-refractivity contribution in [2.75, 3.05) is 0 Å². The maximum Gasteiger partial charge on any atom is 0.242 e. The van der Waals surface area contributed by atoms with Crippen molar-refractivity contribution >= 4 is 11.8 Å². The van der Waals surface area contributed by atoms with Crippen LogP contribution in [0.3, 0.4) is 0 Å². The van der Waals surface area contributed by atoms with Crippen LogP contribution in [-0.2, 0) is 16.1 Å². The third-order valence-electron chi connectivity index (χ3n) is 5.34. The molecule has 0 aromatic carbocycles. The number of rotatable bonds is 4. The highest BCUT2D eigenvalue weighted by atomic mass is 16.2. The molecule has 1 aliphatic heterocycles. The van der Waals surface area contributed by atoms with Crippen molar-refractivity contribution in [1.82, 2.24) is 20.4 Å². The van der Waals surface area contributed by atoms with Gasteiger partial charge in [-0.2, -0.15) is 5.10 Å². The zero-order valence-corrected chi connectivity index (χ0v) is 14.7. The van der Waals surface area contributed by atoms with E-state index in [1.165, 1.54) is 19.3 Å². The number of amides is 2. The lowest BCUT2D eigenvalue weighted by molar-refractivity contribution is -0.128. The number of carbonyl (C=O) groups excluding carboxylic acids is 2. The van der Waals surface area contributed by atoms with Crippen LogP contribution in [0, 0.1) is 19.8 Å². The molecule has 2 N–H and O–H groups in total. The Hall–Kier alpha value is -1.85. The van der Waals surface area contributed by atoms with Gasteiger partial charge in [0.1, 0.15) is 6.54 Å². The number of carbonyl (C=O) groups is 2. The molecule has 1 aromatic heterocycles. The predicted molar refractivity (Wildman–Crippen MR) is 91.4 cm³/mol. The van der Waals surface area contributed by atoms with Gasteiger partial charge >= 0.3 is 0 Å². The standard InChI is InChI=1S/C18H28N4O2/c1-12-10-13(2)22(21-12)11-17(24)19-15-8-9-16(23)20-18(15)14-6-4-3-5-7-14/h10,14-15,18H,3-9,11H2,1-2H3,(H,19,24)(H,20,23). The van der Waals surface area contributed by atoms with E-state index in [-0.39, 0.29) is 30.4 Å². The van der Waals surface area contributed by atoms with Gasteiger partial charge in [0, 0.05) is 18.2 Å². The minimum Gasteiger partial charge on any atom is -0.351 e. The van der Waals surface area contributed by atoms with E-state index in [4.69, 9.17) is 0 Å². The maximum atomic E-state index is 12.5. The van der Waals surface area contributed by atoms with Crippen LogP contribution in [0.15, 0.2) is 6.07 Å². The van der Waals surface area contributed by atoms with Crippen molar-refractivity contribution in [3.63, 3.8) is 0 Å². The minimum absolute atomic E-state index is 0.0249. The van der Waals surface area contributed by atoms with Crippen LogP contribution in [0.5, 0.6) is 0 Å². The zero-order valence-electron chi connectivity index (χ0n) is 14.7. The molecular weight excluding hydrogens is 304 g/mol. The van der Waals surface area contributed by atoms with E-state index in [0.717, 1.165) is 30.7 Å². The lowest BCUT2D eigenvalue weighted by Crippen LogP contribution is -2.59. The van der Waals surface area contributed by atoms with Gasteiger partial charge in [0.2, 0.25) is 11.8 Å². The van der Waals surface area contributed by atoms with Gasteiger partial charge in [-0.15, -0.1) is 0 Å². The second kappa shape index (κ2) is 7.36. The molecule has 132 valence electrons. The first-order valence-corrected chi connectivity index (χ1v) is 9.12. The summed E-state index contributed by atoms with van der Waals surface area (Å²) in [5, 5.41) is 10.7. The molecule has 2 unspecified atom stereocenters. The summed E-state index contributed by atoms with van der Waals surface area (Å²) in [6.45, 7) is 4.12. The summed E-state index contributed by atoms with van der Waals surface area (Å²) >= 11 is 0. The molecule has 1 aliphatic carbocycles. The highest BCUT2D eigenvalue weighted by molar-refractivity contribution is 5.79. The summed E-state index contributed by atoms with van der Waals surface area (Å²) in [6, 6.07) is 2.09. The number of hydrogen-bond donors (Lipinski definition) is 2. The molecule has 6 nitrogen and oxygen atoms in total. The van der Waals surface area contributed by atoms with Crippen molar-refractivity contribution in [3.8, 4) is 0 Å². The summed E-state index contributed by atoms with van der Waals surface area (Å²) in [5.74, 6) is 0.583. The van der Waals surface area contributed by atoms with Crippen LogP contribution in [0.4, 0.5) is 0 Å². The molecule has 1 saturated carbocycles. The first-order valence-electron chi connectivity index (χ1n) is 9.12. The molecule has 24 heavy (non-hydrogen) atoms. The smallest absolute Gasteiger partial charge is 0.242 e. The minimum atomic E-state index is -0.0249. The van der Waals surface area contributed by atoms with E-state index >= 15 is 0 Å². The lowest BCUT2D eigenvalue weighted by atomic mass is 9.78. The Labute approximate surface area is 143 Å². The first kappa shape index (κ1) is 17.0. The SMILES string of the molecule is Cc1cc(C)n(CC(=O)NC2CCC(=O)NC2C2CCCCC2)n1. The van der Waals surface area contributed by atoms with Gasteiger partial charge in [-0.3, -0.25) is 14.3 Å². The molecule has 0 bridgehead atoms. The molecule has 1 saturated heterocycles. The number of nitrogens with one attached hydrogen (secondary N) is 2. The molecule has 0 spiro atoms. The van der Waals surface area contributed by atoms with Crippen molar-refractivity contribution in [3.05, 3.63) is 17.5 Å². The second-order valence-electron chi connectivity index (χ2n) is 7.29. The molecule has 2 fully saturated rings. The Kier molecular flexibility index (Phi) is 5.21. The van der Waals surface area contributed by atoms with E-state index in [9.17, 15) is 9.59 Å². The molecule has 3 rings (SSSR count). The van der Waals surface area contributed by atoms with Gasteiger partial charge < -0.3 is 10.6 Å². The van der Waals surface area contributed by atoms with Gasteiger partial charge in [0.25, 0.3) is 0 Å². The van der Waals surface area contributed by atoms with Crippen LogP contribution in [-0.4, -0.2) is 33.7 Å². The Morgan fingerprint density at radius 1 is 1.29 bits per heavy atom. The van der Waals surface area contributed by atoms with Crippen LogP contribution in [0.2, 0.25) is 0 Å². The van der Waals surface area contributed by atoms with E-state index in [2.05, 4.69) is 15.7 Å². The number of piperidine rings is 1. The molecule has 2 aliphatic rings. The van der Waals surface area contributed by atoms with Crippen molar-refractivity contribution < 1.29 is 9.59 Å². The highest BCUT2D eigenvalue weighted by Gasteiger charge is 2.35. The largest absolute Gasteiger partial charge is 0.351 e. The normalized spacial score (nSPS) is 25.3. The summed E-state index contributed by atoms with van der Waals surface area (Å²) in [5.41, 5.74) is 1.91. The highest BCUT2D eigenvalue weighted by Crippen LogP contribution is 2.30. The fourth-order valence-corrected chi connectivity index (χ4v) is 4.15. The fourth-order valence-electron chi connectivity index (χ4n) is 4.15. The fraction of sp³-hybridized carbons (Fsp3) is 0.722. The van der Waals surface area contributed by atoms with Gasteiger partial charge in [-0.25, -0.2) is 0 Å². The third kappa shape index (κ3) is 3.97. The van der Waals surface area contributed by atoms with Crippen LogP contribution < -0.4 is 10.6 Å². The van der Waals surface area contributed by atoms with Gasteiger partial charge in [0.15, 0.2) is 0 Å². The van der Waals surface area contributed by atoms with Gasteiger partial charge in [0.05, 0.1) is 11.7 Å². The average Bonchev–Trinajstić information content (AvgIpc) is 2.87. The topological polar surface area (TPSA) is 76.0 Å². The Bertz CT molecular complexity index is 604. The van der Waals surface area contributed by atoms with Crippen LogP contribution in [0.1, 0.15) is 56.3 Å². The van der Waals surface area contributed by atoms with E-state index in [1.54, 1.807) is 4.68 Å². The molecule has 2 heterocycles. The van der Waals surface area contributed by atoms with E-state index in [0.29, 0.717) is 12.3 Å². The van der Waals surface area contributed by atoms with E-state index < -0.39 is 0 Å². The van der Waals surface area contributed by atoms with Crippen LogP contribution >= 0.6 is 0 Å². The van der Waals surface area contributed by atoms with Crippen molar-refractivity contribution in [2.45, 2.75) is 77.4 Å². The number of hydrogen-bond acceptors (Lipinski definition) is 3. The molecule has 2 amide bonds. The summed E-state index contributed by atoms with van der Waals surface area (Å²) in [4.78, 5) is 24.3. The molecule has 0 radical (unpaired) electrons. The summed E-state index contributed by atoms with van der Waals surface area (Å²) in [7, 11) is 0. The number of aryl methyl sites for hydroxylation is 2. The lowest BCUT2D eigenvalue weighted by Gasteiger charge is -2.39. The molecule has 2 atom stereocenters. The average molecular weight is 332 g/mol. The Balaban J connectivity index is 1.63. The predicted octanol–water partition coefficient (Wildman–Crippen LogP) is 1.84. The quantitative estimate of drug-likeness (QED) is 0.883. The number of aromatic nitrogens is 2. The monoisotopic (exact) mass is 332 g/mol. The molecule has 1 aromatic rings. The summed E-state index contributed by atoms with van der Waals surface area (Å²) < 4.78 is 1.74. The maximum absolute atomic E-state index is 12.5. The van der Waals surface area contributed by atoms with Gasteiger partial charge in [-0.05, 0) is 45.1 Å². The summed E-state index contributed by atoms with van der Waals surface area (Å²) in [6.07, 6.45) is 7.26. The van der Waals surface area contributed by atoms with Crippen molar-refractivity contribution in [2.24, 2.45) is 5.92 Å². The number of nitrogens with zero attached hydrogens (tertiary/aromatic N) is 2. The van der Waals surface area contributed by atoms with E-state index in [1.807, 2.05) is 19.9 Å². The molecular formula is C18H28N4O2. The zero-order chi connectivity index (χ0) is 17.1.